The van der Waals surface area contributed by atoms with Crippen molar-refractivity contribution >= 4 is 39.3 Å². The maximum absolute atomic E-state index is 12.4. The van der Waals surface area contributed by atoms with Gasteiger partial charge in [-0.3, -0.25) is 14.2 Å². The van der Waals surface area contributed by atoms with E-state index in [1.54, 1.807) is 10.6 Å². The van der Waals surface area contributed by atoms with Crippen LogP contribution in [0.1, 0.15) is 13.3 Å². The van der Waals surface area contributed by atoms with E-state index in [1.165, 1.54) is 11.3 Å². The molecule has 0 amide bonds. The van der Waals surface area contributed by atoms with Crippen molar-refractivity contribution in [3.8, 4) is 0 Å². The molecule has 114 valence electrons. The highest BCUT2D eigenvalue weighted by Crippen LogP contribution is 2.21. The summed E-state index contributed by atoms with van der Waals surface area (Å²) in [6, 6.07) is 1.75. The standard InChI is InChI=1S/C13H16N2O4S2/c1-2-19-6-3-5-15-12(18)9-4-7-20-11(9)14-13(15)21-8-10(16)17/h4,7H,2-3,5-6,8H2,1H3,(H,16,17). The van der Waals surface area contributed by atoms with Crippen molar-refractivity contribution in [1.29, 1.82) is 0 Å². The zero-order valence-electron chi connectivity index (χ0n) is 11.6. The van der Waals surface area contributed by atoms with Crippen LogP contribution in [0.25, 0.3) is 10.2 Å². The van der Waals surface area contributed by atoms with Crippen LogP contribution in [0.3, 0.4) is 0 Å². The van der Waals surface area contributed by atoms with Crippen LogP contribution in [0, 0.1) is 0 Å². The van der Waals surface area contributed by atoms with Gasteiger partial charge in [-0.1, -0.05) is 11.8 Å². The summed E-state index contributed by atoms with van der Waals surface area (Å²) >= 11 is 2.45. The van der Waals surface area contributed by atoms with Crippen LogP contribution in [0.15, 0.2) is 21.4 Å². The van der Waals surface area contributed by atoms with Crippen LogP contribution < -0.4 is 5.56 Å². The van der Waals surface area contributed by atoms with Crippen molar-refractivity contribution in [3.63, 3.8) is 0 Å². The molecule has 0 aliphatic rings. The minimum absolute atomic E-state index is 0.116. The Kier molecular flexibility index (Phi) is 5.77. The maximum atomic E-state index is 12.4. The van der Waals surface area contributed by atoms with E-state index in [-0.39, 0.29) is 11.3 Å². The number of thioether (sulfide) groups is 1. The second-order valence-electron chi connectivity index (χ2n) is 4.22. The summed E-state index contributed by atoms with van der Waals surface area (Å²) in [7, 11) is 0. The molecule has 0 aliphatic heterocycles. The highest BCUT2D eigenvalue weighted by molar-refractivity contribution is 7.99. The first-order valence-electron chi connectivity index (χ1n) is 6.54. The van der Waals surface area contributed by atoms with Crippen molar-refractivity contribution in [2.24, 2.45) is 0 Å². The second-order valence-corrected chi connectivity index (χ2v) is 6.06. The average Bonchev–Trinajstić information content (AvgIpc) is 2.92. The number of hydrogen-bond donors (Lipinski definition) is 1. The average molecular weight is 328 g/mol. The molecule has 0 radical (unpaired) electrons. The number of ether oxygens (including phenoxy) is 1. The van der Waals surface area contributed by atoms with Crippen molar-refractivity contribution in [1.82, 2.24) is 9.55 Å². The molecule has 0 atom stereocenters. The quantitative estimate of drug-likeness (QED) is 0.454. The van der Waals surface area contributed by atoms with Crippen molar-refractivity contribution in [2.75, 3.05) is 19.0 Å². The number of carboxylic acids is 1. The summed E-state index contributed by atoms with van der Waals surface area (Å²) in [5.74, 6) is -1.05. The summed E-state index contributed by atoms with van der Waals surface area (Å²) in [4.78, 5) is 28.2. The SMILES string of the molecule is CCOCCCn1c(SCC(=O)O)nc2sccc2c1=O. The molecule has 0 unspecified atom stereocenters. The highest BCUT2D eigenvalue weighted by atomic mass is 32.2. The molecular formula is C13H16N2O4S2. The lowest BCUT2D eigenvalue weighted by atomic mass is 10.4. The van der Waals surface area contributed by atoms with Gasteiger partial charge in [0.05, 0.1) is 11.1 Å². The van der Waals surface area contributed by atoms with Crippen LogP contribution in [0.4, 0.5) is 0 Å². The Morgan fingerprint density at radius 1 is 1.57 bits per heavy atom. The van der Waals surface area contributed by atoms with E-state index in [4.69, 9.17) is 9.84 Å². The van der Waals surface area contributed by atoms with Crippen LogP contribution in [0.5, 0.6) is 0 Å². The summed E-state index contributed by atoms with van der Waals surface area (Å²) in [5, 5.41) is 11.6. The Morgan fingerprint density at radius 2 is 2.38 bits per heavy atom. The van der Waals surface area contributed by atoms with Gasteiger partial charge in [-0.2, -0.15) is 0 Å². The molecule has 0 aliphatic carbocycles. The van der Waals surface area contributed by atoms with Gasteiger partial charge in [-0.15, -0.1) is 11.3 Å². The zero-order chi connectivity index (χ0) is 15.2. The Morgan fingerprint density at radius 3 is 3.10 bits per heavy atom. The van der Waals surface area contributed by atoms with Gasteiger partial charge in [-0.25, -0.2) is 4.98 Å². The summed E-state index contributed by atoms with van der Waals surface area (Å²) in [6.45, 7) is 3.59. The minimum atomic E-state index is -0.929. The number of rotatable bonds is 8. The van der Waals surface area contributed by atoms with Gasteiger partial charge in [0.25, 0.3) is 5.56 Å². The Balaban J connectivity index is 2.28. The molecule has 2 rings (SSSR count). The van der Waals surface area contributed by atoms with E-state index in [9.17, 15) is 9.59 Å². The van der Waals surface area contributed by atoms with Gasteiger partial charge in [-0.05, 0) is 24.8 Å². The van der Waals surface area contributed by atoms with E-state index < -0.39 is 5.97 Å². The molecule has 0 saturated carbocycles. The van der Waals surface area contributed by atoms with Crippen molar-refractivity contribution in [2.45, 2.75) is 25.0 Å². The fourth-order valence-electron chi connectivity index (χ4n) is 1.83. The Labute approximate surface area is 129 Å². The molecule has 6 nitrogen and oxygen atoms in total. The lowest BCUT2D eigenvalue weighted by Gasteiger charge is -2.11. The van der Waals surface area contributed by atoms with E-state index in [1.807, 2.05) is 12.3 Å². The first-order valence-corrected chi connectivity index (χ1v) is 8.40. The van der Waals surface area contributed by atoms with E-state index in [0.717, 1.165) is 11.8 Å². The number of fused-ring (bicyclic) bond motifs is 1. The van der Waals surface area contributed by atoms with Gasteiger partial charge < -0.3 is 9.84 Å². The fraction of sp³-hybridized carbons (Fsp3) is 0.462. The van der Waals surface area contributed by atoms with Gasteiger partial charge in [0.15, 0.2) is 5.16 Å². The molecule has 0 fully saturated rings. The van der Waals surface area contributed by atoms with Crippen LogP contribution in [-0.2, 0) is 16.1 Å². The maximum Gasteiger partial charge on any atom is 0.313 e. The molecule has 8 heteroatoms. The number of thiophene rings is 1. The third kappa shape index (κ3) is 4.05. The van der Waals surface area contributed by atoms with Gasteiger partial charge in [0.1, 0.15) is 4.83 Å². The molecule has 0 bridgehead atoms. The first-order chi connectivity index (χ1) is 10.1. The molecule has 0 saturated heterocycles. The number of carbonyl (C=O) groups is 1. The number of nitrogens with zero attached hydrogens (tertiary/aromatic N) is 2. The van der Waals surface area contributed by atoms with Crippen LogP contribution >= 0.6 is 23.1 Å². The number of carboxylic acid groups (broad SMARTS) is 1. The lowest BCUT2D eigenvalue weighted by Crippen LogP contribution is -2.24. The predicted octanol–water partition coefficient (Wildman–Crippen LogP) is 2.06. The topological polar surface area (TPSA) is 81.4 Å². The highest BCUT2D eigenvalue weighted by Gasteiger charge is 2.13. The lowest BCUT2D eigenvalue weighted by molar-refractivity contribution is -0.133. The summed E-state index contributed by atoms with van der Waals surface area (Å²) < 4.78 is 6.81. The number of aromatic nitrogens is 2. The smallest absolute Gasteiger partial charge is 0.313 e. The normalized spacial score (nSPS) is 11.1. The molecule has 2 heterocycles. The monoisotopic (exact) mass is 328 g/mol. The molecule has 2 aromatic rings. The molecule has 2 aromatic heterocycles. The van der Waals surface area contributed by atoms with Crippen molar-refractivity contribution < 1.29 is 14.6 Å². The minimum Gasteiger partial charge on any atom is -0.481 e. The molecule has 1 N–H and O–H groups in total. The third-order valence-corrected chi connectivity index (χ3v) is 4.52. The largest absolute Gasteiger partial charge is 0.481 e. The van der Waals surface area contributed by atoms with Gasteiger partial charge in [0, 0.05) is 19.8 Å². The van der Waals surface area contributed by atoms with Crippen LogP contribution in [-0.4, -0.2) is 39.6 Å². The molecular weight excluding hydrogens is 312 g/mol. The molecule has 0 aromatic carbocycles. The van der Waals surface area contributed by atoms with Gasteiger partial charge >= 0.3 is 5.97 Å². The van der Waals surface area contributed by atoms with Gasteiger partial charge in [0.2, 0.25) is 0 Å². The summed E-state index contributed by atoms with van der Waals surface area (Å²) in [6.07, 6.45) is 0.686. The zero-order valence-corrected chi connectivity index (χ0v) is 13.2. The Hall–Kier alpha value is -1.38. The van der Waals surface area contributed by atoms with Crippen molar-refractivity contribution in [3.05, 3.63) is 21.8 Å². The van der Waals surface area contributed by atoms with E-state index in [0.29, 0.717) is 41.6 Å². The molecule has 21 heavy (non-hydrogen) atoms. The third-order valence-electron chi connectivity index (χ3n) is 2.75. The fourth-order valence-corrected chi connectivity index (χ4v) is 3.38. The summed E-state index contributed by atoms with van der Waals surface area (Å²) in [5.41, 5.74) is -0.120. The molecule has 0 spiro atoms. The Bertz CT molecular complexity index is 680. The van der Waals surface area contributed by atoms with E-state index >= 15 is 0 Å². The first kappa shape index (κ1) is 16.0. The second kappa shape index (κ2) is 7.58. The van der Waals surface area contributed by atoms with E-state index in [2.05, 4.69) is 4.98 Å². The number of aliphatic carboxylic acids is 1. The van der Waals surface area contributed by atoms with Crippen LogP contribution in [0.2, 0.25) is 0 Å². The predicted molar refractivity (Wildman–Crippen MR) is 83.3 cm³/mol. The number of hydrogen-bond acceptors (Lipinski definition) is 6.